The molecule has 1 saturated heterocycles. The highest BCUT2D eigenvalue weighted by Crippen LogP contribution is 2.39. The first kappa shape index (κ1) is 9.99. The van der Waals surface area contributed by atoms with Crippen LogP contribution in [0.4, 0.5) is 10.2 Å². The Bertz CT molecular complexity index is 401. The summed E-state index contributed by atoms with van der Waals surface area (Å²) in [5.41, 5.74) is 6.01. The van der Waals surface area contributed by atoms with Crippen molar-refractivity contribution in [1.29, 1.82) is 0 Å². The molecule has 4 atom stereocenters. The second-order valence-corrected chi connectivity index (χ2v) is 4.37. The molecule has 16 heavy (non-hydrogen) atoms. The summed E-state index contributed by atoms with van der Waals surface area (Å²) in [4.78, 5) is 3.95. The minimum absolute atomic E-state index is 0.0168. The largest absolute Gasteiger partial charge is 0.376 e. The number of halogens is 1. The van der Waals surface area contributed by atoms with Crippen LogP contribution >= 0.6 is 0 Å². The molecule has 1 aliphatic heterocycles. The van der Waals surface area contributed by atoms with Gasteiger partial charge in [0.1, 0.15) is 0 Å². The van der Waals surface area contributed by atoms with Crippen molar-refractivity contribution in [3.05, 3.63) is 24.1 Å². The fraction of sp³-hybridized carbons (Fsp3) is 0.545. The Balaban J connectivity index is 1.74. The lowest BCUT2D eigenvalue weighted by Gasteiger charge is -2.45. The van der Waals surface area contributed by atoms with Crippen molar-refractivity contribution >= 4 is 5.82 Å². The van der Waals surface area contributed by atoms with E-state index >= 15 is 0 Å². The molecule has 1 aromatic heterocycles. The van der Waals surface area contributed by atoms with Crippen molar-refractivity contribution in [2.75, 3.05) is 11.9 Å². The molecule has 0 bridgehead atoms. The normalized spacial score (nSPS) is 36.6. The number of nitrogens with two attached hydrogens (primary N) is 1. The summed E-state index contributed by atoms with van der Waals surface area (Å²) in [6.07, 6.45) is 2.69. The lowest BCUT2D eigenvalue weighted by molar-refractivity contribution is 0.00513. The van der Waals surface area contributed by atoms with Gasteiger partial charge in [-0.3, -0.25) is 0 Å². The Labute approximate surface area is 93.0 Å². The minimum atomic E-state index is -0.351. The summed E-state index contributed by atoms with van der Waals surface area (Å²) >= 11 is 0. The zero-order chi connectivity index (χ0) is 11.1. The fourth-order valence-corrected chi connectivity index (χ4v) is 2.58. The predicted octanol–water partition coefficient (Wildman–Crippen LogP) is 0.747. The Morgan fingerprint density at radius 1 is 1.56 bits per heavy atom. The van der Waals surface area contributed by atoms with Crippen molar-refractivity contribution in [2.24, 2.45) is 11.7 Å². The molecule has 4 nitrogen and oxygen atoms in total. The van der Waals surface area contributed by atoms with E-state index in [0.29, 0.717) is 5.92 Å². The molecule has 0 spiro atoms. The number of hydrogen-bond acceptors (Lipinski definition) is 4. The third-order valence-corrected chi connectivity index (χ3v) is 3.51. The average Bonchev–Trinajstić information content (AvgIpc) is 2.72. The van der Waals surface area contributed by atoms with Crippen LogP contribution in [0.15, 0.2) is 18.3 Å². The summed E-state index contributed by atoms with van der Waals surface area (Å²) in [7, 11) is 0. The van der Waals surface area contributed by atoms with E-state index in [2.05, 4.69) is 10.3 Å². The smallest absolute Gasteiger partial charge is 0.165 e. The third-order valence-electron chi connectivity index (χ3n) is 3.51. The van der Waals surface area contributed by atoms with Gasteiger partial charge in [-0.05, 0) is 18.6 Å². The first-order valence-corrected chi connectivity index (χ1v) is 5.51. The molecule has 2 aliphatic rings. The first-order valence-electron chi connectivity index (χ1n) is 5.51. The number of nitrogens with one attached hydrogen (secondary N) is 1. The van der Waals surface area contributed by atoms with Crippen LogP contribution in [-0.2, 0) is 4.74 Å². The molecule has 3 N–H and O–H groups in total. The lowest BCUT2D eigenvalue weighted by atomic mass is 9.72. The van der Waals surface area contributed by atoms with Gasteiger partial charge in [-0.2, -0.15) is 0 Å². The van der Waals surface area contributed by atoms with Gasteiger partial charge in [-0.15, -0.1) is 0 Å². The van der Waals surface area contributed by atoms with Crippen molar-refractivity contribution in [2.45, 2.75) is 24.6 Å². The van der Waals surface area contributed by atoms with Gasteiger partial charge in [0.05, 0.1) is 12.1 Å². The number of pyridine rings is 1. The van der Waals surface area contributed by atoms with Gasteiger partial charge in [0.2, 0.25) is 0 Å². The van der Waals surface area contributed by atoms with Crippen LogP contribution in [0.5, 0.6) is 0 Å². The molecule has 86 valence electrons. The highest BCUT2D eigenvalue weighted by atomic mass is 19.1. The van der Waals surface area contributed by atoms with Gasteiger partial charge in [0.25, 0.3) is 0 Å². The highest BCUT2D eigenvalue weighted by molar-refractivity contribution is 5.39. The second-order valence-electron chi connectivity index (χ2n) is 4.37. The van der Waals surface area contributed by atoms with Crippen LogP contribution in [-0.4, -0.2) is 29.8 Å². The average molecular weight is 223 g/mol. The van der Waals surface area contributed by atoms with Crippen LogP contribution < -0.4 is 11.1 Å². The van der Waals surface area contributed by atoms with E-state index in [1.54, 1.807) is 12.3 Å². The second kappa shape index (κ2) is 3.68. The number of nitrogens with zero attached hydrogens (tertiary/aromatic N) is 1. The number of anilines is 1. The van der Waals surface area contributed by atoms with Gasteiger partial charge < -0.3 is 15.8 Å². The van der Waals surface area contributed by atoms with Gasteiger partial charge in [-0.25, -0.2) is 9.37 Å². The first-order chi connectivity index (χ1) is 7.77. The van der Waals surface area contributed by atoms with Crippen LogP contribution in [0.1, 0.15) is 6.42 Å². The zero-order valence-electron chi connectivity index (χ0n) is 8.77. The summed E-state index contributed by atoms with van der Waals surface area (Å²) in [5, 5.41) is 3.03. The lowest BCUT2D eigenvalue weighted by Crippen LogP contribution is -2.65. The van der Waals surface area contributed by atoms with E-state index in [-0.39, 0.29) is 29.8 Å². The van der Waals surface area contributed by atoms with Crippen LogP contribution in [0.2, 0.25) is 0 Å². The standard InChI is InChI=1S/C11H14FN3O/c12-7-2-1-4-14-11(7)15-9-8(13)6-3-5-16-10(6)9/h1-2,4,6,8-10H,3,5,13H2,(H,14,15). The number of aromatic nitrogens is 1. The molecule has 0 amide bonds. The summed E-state index contributed by atoms with van der Waals surface area (Å²) in [6, 6.07) is 2.97. The minimum Gasteiger partial charge on any atom is -0.376 e. The molecule has 3 rings (SSSR count). The van der Waals surface area contributed by atoms with Crippen LogP contribution in [0, 0.1) is 11.7 Å². The monoisotopic (exact) mass is 223 g/mol. The zero-order valence-corrected chi connectivity index (χ0v) is 8.77. The number of fused-ring (bicyclic) bond motifs is 1. The number of ether oxygens (including phenoxy) is 1. The van der Waals surface area contributed by atoms with Gasteiger partial charge in [-0.1, -0.05) is 0 Å². The molecule has 1 aromatic rings. The molecular weight excluding hydrogens is 209 g/mol. The maximum atomic E-state index is 13.4. The maximum absolute atomic E-state index is 13.4. The predicted molar refractivity (Wildman–Crippen MR) is 57.4 cm³/mol. The van der Waals surface area contributed by atoms with E-state index in [9.17, 15) is 4.39 Å². The summed E-state index contributed by atoms with van der Waals surface area (Å²) < 4.78 is 18.9. The molecule has 5 heteroatoms. The molecule has 1 saturated carbocycles. The fourth-order valence-electron chi connectivity index (χ4n) is 2.58. The summed E-state index contributed by atoms with van der Waals surface area (Å²) in [6.45, 7) is 0.756. The van der Waals surface area contributed by atoms with E-state index in [0.717, 1.165) is 13.0 Å². The van der Waals surface area contributed by atoms with Crippen molar-refractivity contribution in [3.8, 4) is 0 Å². The van der Waals surface area contributed by atoms with E-state index < -0.39 is 0 Å². The molecule has 2 heterocycles. The Kier molecular flexibility index (Phi) is 2.29. The van der Waals surface area contributed by atoms with Gasteiger partial charge in [0, 0.05) is 24.8 Å². The van der Waals surface area contributed by atoms with E-state index in [4.69, 9.17) is 10.5 Å². The molecule has 0 radical (unpaired) electrons. The summed E-state index contributed by atoms with van der Waals surface area (Å²) in [5.74, 6) is 0.331. The maximum Gasteiger partial charge on any atom is 0.165 e. The quantitative estimate of drug-likeness (QED) is 0.776. The van der Waals surface area contributed by atoms with Gasteiger partial charge in [0.15, 0.2) is 11.6 Å². The van der Waals surface area contributed by atoms with Crippen LogP contribution in [0.3, 0.4) is 0 Å². The molecule has 1 aliphatic carbocycles. The molecule has 0 aromatic carbocycles. The van der Waals surface area contributed by atoms with Crippen molar-refractivity contribution in [3.63, 3.8) is 0 Å². The molecule has 4 unspecified atom stereocenters. The number of rotatable bonds is 2. The van der Waals surface area contributed by atoms with Crippen molar-refractivity contribution in [1.82, 2.24) is 4.98 Å². The Morgan fingerprint density at radius 2 is 2.44 bits per heavy atom. The molecule has 2 fully saturated rings. The third kappa shape index (κ3) is 1.39. The van der Waals surface area contributed by atoms with Crippen molar-refractivity contribution < 1.29 is 9.13 Å². The highest BCUT2D eigenvalue weighted by Gasteiger charge is 2.52. The van der Waals surface area contributed by atoms with Crippen LogP contribution in [0.25, 0.3) is 0 Å². The van der Waals surface area contributed by atoms with E-state index in [1.807, 2.05) is 0 Å². The van der Waals surface area contributed by atoms with E-state index in [1.165, 1.54) is 6.07 Å². The topological polar surface area (TPSA) is 60.2 Å². The van der Waals surface area contributed by atoms with Gasteiger partial charge >= 0.3 is 0 Å². The Hall–Kier alpha value is -1.20. The Morgan fingerprint density at radius 3 is 3.25 bits per heavy atom. The SMILES string of the molecule is NC1C2CCOC2C1Nc1ncccc1F. The number of hydrogen-bond donors (Lipinski definition) is 2. The molecular formula is C11H14FN3O.